The van der Waals surface area contributed by atoms with E-state index in [1.807, 2.05) is 36.0 Å². The number of aliphatic imine (C=N–C) groups is 1. The molecular weight excluding hydrogens is 461 g/mol. The molecule has 140 valence electrons. The van der Waals surface area contributed by atoms with Crippen molar-refractivity contribution in [2.45, 2.75) is 13.5 Å². The van der Waals surface area contributed by atoms with Crippen LogP contribution in [0.25, 0.3) is 10.2 Å². The van der Waals surface area contributed by atoms with E-state index in [9.17, 15) is 0 Å². The molecule has 26 heavy (non-hydrogen) atoms. The van der Waals surface area contributed by atoms with Gasteiger partial charge in [-0.2, -0.15) is 5.10 Å². The number of hydrogen-bond acceptors (Lipinski definition) is 5. The number of aromatic nitrogens is 3. The Bertz CT molecular complexity index is 809. The Morgan fingerprint density at radius 3 is 2.77 bits per heavy atom. The number of nitrogens with zero attached hydrogens (tertiary/aromatic N) is 4. The van der Waals surface area contributed by atoms with E-state index in [1.165, 1.54) is 4.70 Å². The highest BCUT2D eigenvalue weighted by Gasteiger charge is 2.03. The quantitative estimate of drug-likeness (QED) is 0.208. The summed E-state index contributed by atoms with van der Waals surface area (Å²) >= 11 is 1.67. The van der Waals surface area contributed by atoms with Crippen LogP contribution in [0.1, 0.15) is 12.6 Å². The molecule has 3 N–H and O–H groups in total. The number of thiazole rings is 1. The smallest absolute Gasteiger partial charge is 0.191 e. The van der Waals surface area contributed by atoms with E-state index in [1.54, 1.807) is 17.5 Å². The zero-order chi connectivity index (χ0) is 17.5. The van der Waals surface area contributed by atoms with Gasteiger partial charge in [0.05, 0.1) is 22.5 Å². The molecule has 0 atom stereocenters. The minimum Gasteiger partial charge on any atom is -0.360 e. The van der Waals surface area contributed by atoms with Crippen molar-refractivity contribution >= 4 is 56.6 Å². The van der Waals surface area contributed by atoms with Crippen LogP contribution >= 0.6 is 35.3 Å². The normalized spacial score (nSPS) is 11.2. The molecule has 2 heterocycles. The van der Waals surface area contributed by atoms with Crippen molar-refractivity contribution in [1.82, 2.24) is 25.4 Å². The van der Waals surface area contributed by atoms with Gasteiger partial charge in [0.15, 0.2) is 11.1 Å². The van der Waals surface area contributed by atoms with Crippen LogP contribution in [0.15, 0.2) is 41.5 Å². The number of fused-ring (bicyclic) bond motifs is 1. The lowest BCUT2D eigenvalue weighted by Crippen LogP contribution is -2.39. The van der Waals surface area contributed by atoms with E-state index < -0.39 is 0 Å². The second kappa shape index (κ2) is 10.3. The number of benzene rings is 1. The van der Waals surface area contributed by atoms with E-state index in [0.717, 1.165) is 41.9 Å². The minimum absolute atomic E-state index is 0. The molecule has 0 aliphatic rings. The van der Waals surface area contributed by atoms with Gasteiger partial charge in [0.1, 0.15) is 0 Å². The first-order valence-corrected chi connectivity index (χ1v) is 9.16. The first-order valence-electron chi connectivity index (χ1n) is 8.34. The molecule has 3 rings (SSSR count). The summed E-state index contributed by atoms with van der Waals surface area (Å²) in [6.07, 6.45) is 1.78. The Labute approximate surface area is 174 Å². The standard InChI is InChI=1S/C17H23N7S.HI/c1-3-18-16(21-12-13-8-9-22-24(13)2)19-10-11-20-17-23-14-6-4-5-7-15(14)25-17;/h4-9H,3,10-12H2,1-2H3,(H,20,23)(H2,18,19,21);1H. The van der Waals surface area contributed by atoms with Gasteiger partial charge >= 0.3 is 0 Å². The fourth-order valence-corrected chi connectivity index (χ4v) is 3.25. The zero-order valence-electron chi connectivity index (χ0n) is 14.9. The maximum atomic E-state index is 4.59. The molecule has 1 aromatic carbocycles. The predicted molar refractivity (Wildman–Crippen MR) is 120 cm³/mol. The third kappa shape index (κ3) is 5.56. The van der Waals surface area contributed by atoms with Crippen LogP contribution in [0.2, 0.25) is 0 Å². The summed E-state index contributed by atoms with van der Waals surface area (Å²) in [6, 6.07) is 10.1. The average Bonchev–Trinajstić information content (AvgIpc) is 3.21. The highest BCUT2D eigenvalue weighted by Crippen LogP contribution is 2.24. The lowest BCUT2D eigenvalue weighted by molar-refractivity contribution is 0.707. The number of anilines is 1. The fourth-order valence-electron chi connectivity index (χ4n) is 2.36. The van der Waals surface area contributed by atoms with Gasteiger partial charge in [0, 0.05) is 32.9 Å². The lowest BCUT2D eigenvalue weighted by Gasteiger charge is -2.11. The van der Waals surface area contributed by atoms with Gasteiger partial charge in [-0.05, 0) is 25.1 Å². The van der Waals surface area contributed by atoms with Crippen LogP contribution < -0.4 is 16.0 Å². The number of aryl methyl sites for hydroxylation is 1. The third-order valence-corrected chi connectivity index (χ3v) is 4.65. The van der Waals surface area contributed by atoms with Crippen molar-refractivity contribution in [2.24, 2.45) is 12.0 Å². The highest BCUT2D eigenvalue weighted by molar-refractivity contribution is 14.0. The molecule has 0 aliphatic carbocycles. The molecule has 0 spiro atoms. The van der Waals surface area contributed by atoms with Crippen molar-refractivity contribution in [3.63, 3.8) is 0 Å². The van der Waals surface area contributed by atoms with Gasteiger partial charge in [0.2, 0.25) is 0 Å². The predicted octanol–water partition coefficient (Wildman–Crippen LogP) is 2.82. The maximum Gasteiger partial charge on any atom is 0.191 e. The Morgan fingerprint density at radius 2 is 2.04 bits per heavy atom. The zero-order valence-corrected chi connectivity index (χ0v) is 18.0. The number of guanidine groups is 1. The SMILES string of the molecule is CCNC(=NCc1ccnn1C)NCCNc1nc2ccccc2s1.I. The molecule has 0 radical (unpaired) electrons. The van der Waals surface area contributed by atoms with Gasteiger partial charge in [-0.15, -0.1) is 24.0 Å². The molecule has 3 aromatic rings. The summed E-state index contributed by atoms with van der Waals surface area (Å²) in [7, 11) is 1.92. The second-order valence-corrected chi connectivity index (χ2v) is 6.51. The molecule has 0 unspecified atom stereocenters. The Hall–Kier alpha value is -1.88. The van der Waals surface area contributed by atoms with Crippen molar-refractivity contribution < 1.29 is 0 Å². The highest BCUT2D eigenvalue weighted by atomic mass is 127. The van der Waals surface area contributed by atoms with Gasteiger partial charge < -0.3 is 16.0 Å². The molecule has 7 nitrogen and oxygen atoms in total. The van der Waals surface area contributed by atoms with Crippen LogP contribution in [0.5, 0.6) is 0 Å². The summed E-state index contributed by atoms with van der Waals surface area (Å²) in [5.41, 5.74) is 2.11. The third-order valence-electron chi connectivity index (χ3n) is 3.65. The van der Waals surface area contributed by atoms with E-state index in [2.05, 4.69) is 44.0 Å². The van der Waals surface area contributed by atoms with Crippen LogP contribution in [-0.2, 0) is 13.6 Å². The Kier molecular flexibility index (Phi) is 8.10. The number of halogens is 1. The molecule has 0 saturated heterocycles. The number of hydrogen-bond donors (Lipinski definition) is 3. The van der Waals surface area contributed by atoms with Crippen molar-refractivity contribution in [3.8, 4) is 0 Å². The van der Waals surface area contributed by atoms with Gasteiger partial charge in [-0.3, -0.25) is 4.68 Å². The van der Waals surface area contributed by atoms with E-state index in [-0.39, 0.29) is 24.0 Å². The molecule has 0 amide bonds. The Balaban J connectivity index is 0.00000243. The summed E-state index contributed by atoms with van der Waals surface area (Å²) < 4.78 is 3.03. The summed E-state index contributed by atoms with van der Waals surface area (Å²) in [6.45, 7) is 5.00. The van der Waals surface area contributed by atoms with Crippen LogP contribution in [0.4, 0.5) is 5.13 Å². The minimum atomic E-state index is 0. The fraction of sp³-hybridized carbons (Fsp3) is 0.353. The van der Waals surface area contributed by atoms with Crippen molar-refractivity contribution in [2.75, 3.05) is 25.0 Å². The van der Waals surface area contributed by atoms with E-state index >= 15 is 0 Å². The maximum absolute atomic E-state index is 4.59. The number of nitrogens with one attached hydrogen (secondary N) is 3. The lowest BCUT2D eigenvalue weighted by atomic mass is 10.3. The molecule has 0 bridgehead atoms. The topological polar surface area (TPSA) is 79.2 Å². The largest absolute Gasteiger partial charge is 0.360 e. The van der Waals surface area contributed by atoms with Crippen LogP contribution in [-0.4, -0.2) is 40.4 Å². The average molecular weight is 485 g/mol. The number of para-hydroxylation sites is 1. The summed E-state index contributed by atoms with van der Waals surface area (Å²) in [5, 5.41) is 15.0. The molecular formula is C17H24IN7S. The second-order valence-electron chi connectivity index (χ2n) is 5.48. The van der Waals surface area contributed by atoms with E-state index in [4.69, 9.17) is 0 Å². The molecule has 9 heteroatoms. The van der Waals surface area contributed by atoms with Gasteiger partial charge in [-0.25, -0.2) is 9.98 Å². The summed E-state index contributed by atoms with van der Waals surface area (Å²) in [4.78, 5) is 9.16. The van der Waals surface area contributed by atoms with Gasteiger partial charge in [-0.1, -0.05) is 23.5 Å². The van der Waals surface area contributed by atoms with Crippen molar-refractivity contribution in [1.29, 1.82) is 0 Å². The first kappa shape index (κ1) is 20.4. The van der Waals surface area contributed by atoms with Crippen molar-refractivity contribution in [3.05, 3.63) is 42.2 Å². The molecule has 2 aromatic heterocycles. The van der Waals surface area contributed by atoms with Gasteiger partial charge in [0.25, 0.3) is 0 Å². The van der Waals surface area contributed by atoms with Crippen LogP contribution in [0.3, 0.4) is 0 Å². The summed E-state index contributed by atoms with van der Waals surface area (Å²) in [5.74, 6) is 0.801. The monoisotopic (exact) mass is 485 g/mol. The molecule has 0 saturated carbocycles. The van der Waals surface area contributed by atoms with Crippen LogP contribution in [0, 0.1) is 0 Å². The van der Waals surface area contributed by atoms with E-state index in [0.29, 0.717) is 6.54 Å². The first-order chi connectivity index (χ1) is 12.3. The Morgan fingerprint density at radius 1 is 1.19 bits per heavy atom. The molecule has 0 fully saturated rings. The molecule has 0 aliphatic heterocycles. The number of rotatable bonds is 7.